The highest BCUT2D eigenvalue weighted by molar-refractivity contribution is 6.04. The first-order chi connectivity index (χ1) is 17.2. The van der Waals surface area contributed by atoms with E-state index < -0.39 is 11.7 Å². The fraction of sp³-hybridized carbons (Fsp3) is 0.481. The maximum atomic E-state index is 13.4. The van der Waals surface area contributed by atoms with E-state index in [1.54, 1.807) is 25.3 Å². The molecule has 1 atom stereocenters. The van der Waals surface area contributed by atoms with Crippen LogP contribution in [-0.4, -0.2) is 54.3 Å². The van der Waals surface area contributed by atoms with Crippen LogP contribution in [0.4, 0.5) is 18.9 Å². The number of hydrogen-bond acceptors (Lipinski definition) is 5. The van der Waals surface area contributed by atoms with E-state index in [1.165, 1.54) is 12.5 Å². The highest BCUT2D eigenvalue weighted by Gasteiger charge is 2.36. The van der Waals surface area contributed by atoms with E-state index in [0.29, 0.717) is 42.5 Å². The largest absolute Gasteiger partial charge is 0.497 e. The quantitative estimate of drug-likeness (QED) is 0.506. The van der Waals surface area contributed by atoms with E-state index in [2.05, 4.69) is 0 Å². The smallest absolute Gasteiger partial charge is 0.416 e. The molecule has 1 unspecified atom stereocenters. The van der Waals surface area contributed by atoms with E-state index in [9.17, 15) is 18.0 Å². The number of nitrogens with zero attached hydrogens (tertiary/aromatic N) is 3. The number of amides is 1. The summed E-state index contributed by atoms with van der Waals surface area (Å²) in [6.45, 7) is 3.59. The van der Waals surface area contributed by atoms with Gasteiger partial charge in [0.05, 0.1) is 18.2 Å². The Morgan fingerprint density at radius 2 is 1.81 bits per heavy atom. The molecule has 6 nitrogen and oxygen atoms in total. The van der Waals surface area contributed by atoms with E-state index in [-0.39, 0.29) is 29.3 Å². The van der Waals surface area contributed by atoms with Crippen molar-refractivity contribution in [3.63, 3.8) is 0 Å². The average molecular weight is 502 g/mol. The summed E-state index contributed by atoms with van der Waals surface area (Å²) in [5.41, 5.74) is -0.0329. The predicted octanol–water partition coefficient (Wildman–Crippen LogP) is 6.01. The van der Waals surface area contributed by atoms with Gasteiger partial charge in [0.1, 0.15) is 23.0 Å². The van der Waals surface area contributed by atoms with Crippen LogP contribution in [0.1, 0.15) is 50.2 Å². The maximum Gasteiger partial charge on any atom is 0.416 e. The van der Waals surface area contributed by atoms with Crippen LogP contribution in [0.2, 0.25) is 0 Å². The van der Waals surface area contributed by atoms with Gasteiger partial charge in [-0.15, -0.1) is 0 Å². The Morgan fingerprint density at radius 3 is 2.50 bits per heavy atom. The molecular formula is C27H30F3N3O3. The summed E-state index contributed by atoms with van der Waals surface area (Å²) in [5, 5.41) is 0. The molecule has 0 N–H and O–H groups in total. The summed E-state index contributed by atoms with van der Waals surface area (Å²) in [5.74, 6) is 2.15. The average Bonchev–Trinajstić information content (AvgIpc) is 3.04. The number of alkyl halides is 3. The standard InChI is InChI=1S/C27H30F3N3O3/c1-17-16-32(12-13-33(17)26(34)18-6-4-3-5-7-18)25-21-15-20(35-2)9-11-23(21)36-24-10-8-19(27(28,29)30)14-22(24)31-25/h8-11,14-15,17-18H,3-7,12-13,16H2,1-2H3. The minimum Gasteiger partial charge on any atom is -0.497 e. The van der Waals surface area contributed by atoms with Crippen LogP contribution >= 0.6 is 0 Å². The molecule has 2 heterocycles. The molecule has 192 valence electrons. The zero-order chi connectivity index (χ0) is 25.4. The summed E-state index contributed by atoms with van der Waals surface area (Å²) in [4.78, 5) is 21.9. The number of halogens is 3. The molecule has 0 aromatic heterocycles. The van der Waals surface area contributed by atoms with E-state index in [4.69, 9.17) is 14.5 Å². The number of aliphatic imine (C=N–C) groups is 1. The van der Waals surface area contributed by atoms with Crippen LogP contribution in [0.3, 0.4) is 0 Å². The van der Waals surface area contributed by atoms with Gasteiger partial charge in [-0.2, -0.15) is 13.2 Å². The van der Waals surface area contributed by atoms with Gasteiger partial charge in [-0.05, 0) is 56.2 Å². The lowest BCUT2D eigenvalue weighted by molar-refractivity contribution is -0.140. The van der Waals surface area contributed by atoms with Gasteiger partial charge in [0.2, 0.25) is 5.91 Å². The summed E-state index contributed by atoms with van der Waals surface area (Å²) in [6, 6.07) is 8.54. The minimum atomic E-state index is -4.49. The van der Waals surface area contributed by atoms with E-state index >= 15 is 0 Å². The fourth-order valence-electron chi connectivity index (χ4n) is 5.36. The van der Waals surface area contributed by atoms with Crippen molar-refractivity contribution in [2.24, 2.45) is 10.9 Å². The Labute approximate surface area is 208 Å². The first-order valence-electron chi connectivity index (χ1n) is 12.5. The third kappa shape index (κ3) is 4.75. The molecule has 1 saturated heterocycles. The third-order valence-electron chi connectivity index (χ3n) is 7.32. The monoisotopic (exact) mass is 501 g/mol. The molecule has 2 fully saturated rings. The van der Waals surface area contributed by atoms with Crippen molar-refractivity contribution in [3.05, 3.63) is 47.5 Å². The molecule has 3 aliphatic rings. The Morgan fingerprint density at radius 1 is 1.06 bits per heavy atom. The van der Waals surface area contributed by atoms with Gasteiger partial charge < -0.3 is 19.3 Å². The first-order valence-corrected chi connectivity index (χ1v) is 12.5. The number of carbonyl (C=O) groups is 1. The molecule has 1 saturated carbocycles. The SMILES string of the molecule is COc1ccc2c(c1)C(N1CCN(C(=O)C3CCCCC3)C(C)C1)=Nc1cc(C(F)(F)F)ccc1O2. The number of carbonyl (C=O) groups excluding carboxylic acids is 1. The number of methoxy groups -OCH3 is 1. The van der Waals surface area contributed by atoms with Crippen LogP contribution in [0, 0.1) is 5.92 Å². The second-order valence-electron chi connectivity index (χ2n) is 9.74. The number of benzene rings is 2. The van der Waals surface area contributed by atoms with E-state index in [1.807, 2.05) is 16.7 Å². The molecule has 2 aliphatic heterocycles. The third-order valence-corrected chi connectivity index (χ3v) is 7.32. The molecule has 5 rings (SSSR count). The van der Waals surface area contributed by atoms with Crippen LogP contribution in [0.25, 0.3) is 0 Å². The van der Waals surface area contributed by atoms with Crippen molar-refractivity contribution in [1.82, 2.24) is 9.80 Å². The van der Waals surface area contributed by atoms with Gasteiger partial charge in [0.25, 0.3) is 0 Å². The van der Waals surface area contributed by atoms with Gasteiger partial charge in [-0.25, -0.2) is 4.99 Å². The zero-order valence-electron chi connectivity index (χ0n) is 20.5. The van der Waals surface area contributed by atoms with Crippen LogP contribution in [0.5, 0.6) is 17.2 Å². The number of rotatable bonds is 2. The fourth-order valence-corrected chi connectivity index (χ4v) is 5.36. The van der Waals surface area contributed by atoms with Crippen molar-refractivity contribution in [2.45, 2.75) is 51.2 Å². The second-order valence-corrected chi connectivity index (χ2v) is 9.74. The summed E-state index contributed by atoms with van der Waals surface area (Å²) >= 11 is 0. The highest BCUT2D eigenvalue weighted by Crippen LogP contribution is 2.42. The predicted molar refractivity (Wildman–Crippen MR) is 130 cm³/mol. The lowest BCUT2D eigenvalue weighted by atomic mass is 9.87. The number of fused-ring (bicyclic) bond motifs is 2. The van der Waals surface area contributed by atoms with Crippen LogP contribution < -0.4 is 9.47 Å². The van der Waals surface area contributed by atoms with Crippen LogP contribution in [0.15, 0.2) is 41.4 Å². The molecule has 9 heteroatoms. The molecular weight excluding hydrogens is 471 g/mol. The number of ether oxygens (including phenoxy) is 2. The molecule has 2 aromatic rings. The second kappa shape index (κ2) is 9.67. The minimum absolute atomic E-state index is 0.0601. The lowest BCUT2D eigenvalue weighted by Crippen LogP contribution is -2.56. The van der Waals surface area contributed by atoms with E-state index in [0.717, 1.165) is 37.8 Å². The Hall–Kier alpha value is -3.23. The molecule has 2 aromatic carbocycles. The molecule has 0 spiro atoms. The molecule has 0 radical (unpaired) electrons. The lowest BCUT2D eigenvalue weighted by Gasteiger charge is -2.43. The molecule has 36 heavy (non-hydrogen) atoms. The Kier molecular flexibility index (Phi) is 6.57. The van der Waals surface area contributed by atoms with Gasteiger partial charge in [-0.1, -0.05) is 19.3 Å². The first kappa shape index (κ1) is 24.5. The topological polar surface area (TPSA) is 54.4 Å². The van der Waals surface area contributed by atoms with Crippen molar-refractivity contribution in [2.75, 3.05) is 26.7 Å². The van der Waals surface area contributed by atoms with Gasteiger partial charge in [-0.3, -0.25) is 4.79 Å². The van der Waals surface area contributed by atoms with Crippen molar-refractivity contribution in [3.8, 4) is 17.2 Å². The number of hydrogen-bond donors (Lipinski definition) is 0. The summed E-state index contributed by atoms with van der Waals surface area (Å²) in [6.07, 6.45) is 0.781. The number of amidine groups is 1. The van der Waals surface area contributed by atoms with Crippen LogP contribution in [-0.2, 0) is 11.0 Å². The van der Waals surface area contributed by atoms with Crippen molar-refractivity contribution in [1.29, 1.82) is 0 Å². The molecule has 1 amide bonds. The normalized spacial score (nSPS) is 20.6. The highest BCUT2D eigenvalue weighted by atomic mass is 19.4. The zero-order valence-corrected chi connectivity index (χ0v) is 20.5. The summed E-state index contributed by atoms with van der Waals surface area (Å²) < 4.78 is 51.8. The van der Waals surface area contributed by atoms with Crippen molar-refractivity contribution < 1.29 is 27.4 Å². The number of piperazine rings is 1. The van der Waals surface area contributed by atoms with Gasteiger partial charge in [0, 0.05) is 31.6 Å². The summed E-state index contributed by atoms with van der Waals surface area (Å²) in [7, 11) is 1.55. The van der Waals surface area contributed by atoms with Crippen molar-refractivity contribution >= 4 is 17.4 Å². The van der Waals surface area contributed by atoms with Gasteiger partial charge in [0.15, 0.2) is 5.75 Å². The molecule has 1 aliphatic carbocycles. The Balaban J connectivity index is 1.49. The molecule has 0 bridgehead atoms. The van der Waals surface area contributed by atoms with Gasteiger partial charge >= 0.3 is 6.18 Å². The maximum absolute atomic E-state index is 13.4. The Bertz CT molecular complexity index is 1170.